The van der Waals surface area contributed by atoms with E-state index in [-0.39, 0.29) is 5.82 Å². The maximum atomic E-state index is 13.1. The van der Waals surface area contributed by atoms with Crippen LogP contribution in [0, 0.1) is 9.39 Å². The van der Waals surface area contributed by atoms with Crippen molar-refractivity contribution < 1.29 is 14.2 Å². The number of hydrogen-bond donors (Lipinski definition) is 1. The number of rotatable bonds is 4. The number of halogens is 2. The maximum absolute atomic E-state index is 13.1. The summed E-state index contributed by atoms with van der Waals surface area (Å²) >= 11 is 2.24. The van der Waals surface area contributed by atoms with Gasteiger partial charge in [-0.3, -0.25) is 0 Å². The average Bonchev–Trinajstić information content (AvgIpc) is 2.39. The molecule has 0 aliphatic heterocycles. The van der Waals surface area contributed by atoms with Crippen LogP contribution < -0.4 is 4.74 Å². The second kappa shape index (κ2) is 6.34. The van der Waals surface area contributed by atoms with Crippen LogP contribution in [0.5, 0.6) is 5.75 Å². The Morgan fingerprint density at radius 3 is 2.53 bits per heavy atom. The predicted octanol–water partition coefficient (Wildman–Crippen LogP) is 4.06. The zero-order chi connectivity index (χ0) is 13.8. The lowest BCUT2D eigenvalue weighted by molar-refractivity contribution is 0.189. The van der Waals surface area contributed by atoms with Crippen LogP contribution in [0.1, 0.15) is 24.2 Å². The molecule has 0 aromatic heterocycles. The zero-order valence-electron chi connectivity index (χ0n) is 10.4. The van der Waals surface area contributed by atoms with E-state index in [4.69, 9.17) is 4.74 Å². The lowest BCUT2D eigenvalue weighted by atomic mass is 10.1. The molecule has 0 fully saturated rings. The minimum Gasteiger partial charge on any atom is -0.489 e. The first kappa shape index (κ1) is 14.3. The standard InChI is InChI=1S/C15H14FIO2/c1-10(18)14-8-12(16)4-7-15(14)19-9-11-2-5-13(17)6-3-11/h2-8,10,18H,9H2,1H3/t10-/m1/s1. The highest BCUT2D eigenvalue weighted by Gasteiger charge is 2.10. The van der Waals surface area contributed by atoms with Gasteiger partial charge in [0.05, 0.1) is 6.10 Å². The van der Waals surface area contributed by atoms with Crippen molar-refractivity contribution >= 4 is 22.6 Å². The summed E-state index contributed by atoms with van der Waals surface area (Å²) in [7, 11) is 0. The van der Waals surface area contributed by atoms with Crippen molar-refractivity contribution in [1.29, 1.82) is 0 Å². The zero-order valence-corrected chi connectivity index (χ0v) is 12.6. The number of aliphatic hydroxyl groups excluding tert-OH is 1. The van der Waals surface area contributed by atoms with Crippen molar-refractivity contribution in [2.75, 3.05) is 0 Å². The predicted molar refractivity (Wildman–Crippen MR) is 80.5 cm³/mol. The van der Waals surface area contributed by atoms with Gasteiger partial charge in [-0.05, 0) is 65.4 Å². The van der Waals surface area contributed by atoms with Crippen LogP contribution in [0.3, 0.4) is 0 Å². The molecule has 2 aromatic rings. The van der Waals surface area contributed by atoms with Gasteiger partial charge in [-0.15, -0.1) is 0 Å². The van der Waals surface area contributed by atoms with Gasteiger partial charge in [0.15, 0.2) is 0 Å². The van der Waals surface area contributed by atoms with E-state index in [0.29, 0.717) is 17.9 Å². The summed E-state index contributed by atoms with van der Waals surface area (Å²) in [6.07, 6.45) is -0.762. The average molecular weight is 372 g/mol. The molecule has 0 unspecified atom stereocenters. The van der Waals surface area contributed by atoms with Crippen molar-refractivity contribution in [1.82, 2.24) is 0 Å². The second-order valence-electron chi connectivity index (χ2n) is 4.27. The van der Waals surface area contributed by atoms with Crippen LogP contribution in [-0.4, -0.2) is 5.11 Å². The van der Waals surface area contributed by atoms with E-state index in [2.05, 4.69) is 22.6 Å². The van der Waals surface area contributed by atoms with Crippen molar-refractivity contribution in [3.8, 4) is 5.75 Å². The Kier molecular flexibility index (Phi) is 4.76. The molecule has 0 saturated heterocycles. The SMILES string of the molecule is C[C@@H](O)c1cc(F)ccc1OCc1ccc(I)cc1. The molecule has 19 heavy (non-hydrogen) atoms. The second-order valence-corrected chi connectivity index (χ2v) is 5.52. The lowest BCUT2D eigenvalue weighted by Gasteiger charge is -2.13. The Labute approximate surface area is 125 Å². The van der Waals surface area contributed by atoms with Crippen LogP contribution >= 0.6 is 22.6 Å². The molecule has 1 atom stereocenters. The van der Waals surface area contributed by atoms with Crippen molar-refractivity contribution in [3.05, 3.63) is 63.0 Å². The molecule has 100 valence electrons. The van der Waals surface area contributed by atoms with Gasteiger partial charge >= 0.3 is 0 Å². The molecule has 1 N–H and O–H groups in total. The van der Waals surface area contributed by atoms with Crippen LogP contribution in [0.4, 0.5) is 4.39 Å². The molecule has 4 heteroatoms. The van der Waals surface area contributed by atoms with Gasteiger partial charge in [0.2, 0.25) is 0 Å². The van der Waals surface area contributed by atoms with Gasteiger partial charge in [0.25, 0.3) is 0 Å². The van der Waals surface area contributed by atoms with Gasteiger partial charge in [0.1, 0.15) is 18.2 Å². The number of aliphatic hydroxyl groups is 1. The first-order chi connectivity index (χ1) is 9.06. The molecule has 0 radical (unpaired) electrons. The van der Waals surface area contributed by atoms with Crippen LogP contribution in [0.15, 0.2) is 42.5 Å². The Morgan fingerprint density at radius 2 is 1.89 bits per heavy atom. The summed E-state index contributed by atoms with van der Waals surface area (Å²) in [5.41, 5.74) is 1.49. The summed E-state index contributed by atoms with van der Waals surface area (Å²) in [4.78, 5) is 0. The van der Waals surface area contributed by atoms with Gasteiger partial charge in [-0.1, -0.05) is 12.1 Å². The normalized spacial score (nSPS) is 12.2. The van der Waals surface area contributed by atoms with Crippen molar-refractivity contribution in [2.24, 2.45) is 0 Å². The van der Waals surface area contributed by atoms with E-state index >= 15 is 0 Å². The maximum Gasteiger partial charge on any atom is 0.125 e. The molecular weight excluding hydrogens is 358 g/mol. The first-order valence-electron chi connectivity index (χ1n) is 5.91. The van der Waals surface area contributed by atoms with Crippen LogP contribution in [0.2, 0.25) is 0 Å². The first-order valence-corrected chi connectivity index (χ1v) is 6.99. The highest BCUT2D eigenvalue weighted by atomic mass is 127. The molecule has 2 nitrogen and oxygen atoms in total. The fourth-order valence-corrected chi connectivity index (χ4v) is 2.08. The summed E-state index contributed by atoms with van der Waals surface area (Å²) in [5, 5.41) is 9.61. The molecule has 0 amide bonds. The molecule has 0 bridgehead atoms. The fourth-order valence-electron chi connectivity index (χ4n) is 1.72. The van der Waals surface area contributed by atoms with E-state index in [9.17, 15) is 9.50 Å². The topological polar surface area (TPSA) is 29.5 Å². The quantitative estimate of drug-likeness (QED) is 0.821. The summed E-state index contributed by atoms with van der Waals surface area (Å²) in [6.45, 7) is 1.98. The largest absolute Gasteiger partial charge is 0.489 e. The Morgan fingerprint density at radius 1 is 1.21 bits per heavy atom. The highest BCUT2D eigenvalue weighted by molar-refractivity contribution is 14.1. The van der Waals surface area contributed by atoms with Gasteiger partial charge in [-0.25, -0.2) is 4.39 Å². The van der Waals surface area contributed by atoms with E-state index in [1.165, 1.54) is 12.1 Å². The summed E-state index contributed by atoms with van der Waals surface area (Å²) in [5.74, 6) is 0.132. The molecule has 0 saturated carbocycles. The van der Waals surface area contributed by atoms with Crippen molar-refractivity contribution in [2.45, 2.75) is 19.6 Å². The van der Waals surface area contributed by atoms with Gasteiger partial charge < -0.3 is 9.84 Å². The lowest BCUT2D eigenvalue weighted by Crippen LogP contribution is -2.01. The number of ether oxygens (including phenoxy) is 1. The fraction of sp³-hybridized carbons (Fsp3) is 0.200. The van der Waals surface area contributed by atoms with E-state index < -0.39 is 6.10 Å². The van der Waals surface area contributed by atoms with E-state index in [0.717, 1.165) is 9.13 Å². The monoisotopic (exact) mass is 372 g/mol. The molecule has 2 aromatic carbocycles. The van der Waals surface area contributed by atoms with Gasteiger partial charge in [-0.2, -0.15) is 0 Å². The third kappa shape index (κ3) is 3.91. The Bertz CT molecular complexity index is 553. The molecule has 0 aliphatic carbocycles. The number of hydrogen-bond acceptors (Lipinski definition) is 2. The molecule has 0 aliphatic rings. The van der Waals surface area contributed by atoms with E-state index in [1.54, 1.807) is 13.0 Å². The van der Waals surface area contributed by atoms with Crippen molar-refractivity contribution in [3.63, 3.8) is 0 Å². The van der Waals surface area contributed by atoms with E-state index in [1.807, 2.05) is 24.3 Å². The molecule has 0 heterocycles. The highest BCUT2D eigenvalue weighted by Crippen LogP contribution is 2.26. The Hall–Kier alpha value is -1.14. The number of benzene rings is 2. The third-order valence-corrected chi connectivity index (χ3v) is 3.45. The minimum atomic E-state index is -0.762. The molecule has 0 spiro atoms. The minimum absolute atomic E-state index is 0.377. The summed E-state index contributed by atoms with van der Waals surface area (Å²) in [6, 6.07) is 12.1. The third-order valence-electron chi connectivity index (χ3n) is 2.73. The summed E-state index contributed by atoms with van der Waals surface area (Å²) < 4.78 is 20.0. The Balaban J connectivity index is 2.13. The molecule has 2 rings (SSSR count). The van der Waals surface area contributed by atoms with Crippen LogP contribution in [-0.2, 0) is 6.61 Å². The molecular formula is C15H14FIO2. The van der Waals surface area contributed by atoms with Crippen LogP contribution in [0.25, 0.3) is 0 Å². The van der Waals surface area contributed by atoms with Gasteiger partial charge in [0, 0.05) is 9.13 Å². The smallest absolute Gasteiger partial charge is 0.125 e.